The highest BCUT2D eigenvalue weighted by molar-refractivity contribution is 7.89. The maximum absolute atomic E-state index is 13.8. The van der Waals surface area contributed by atoms with Gasteiger partial charge in [0.15, 0.2) is 0 Å². The van der Waals surface area contributed by atoms with Crippen molar-refractivity contribution in [1.82, 2.24) is 14.5 Å². The van der Waals surface area contributed by atoms with Gasteiger partial charge in [-0.3, -0.25) is 4.79 Å². The molecule has 8 nitrogen and oxygen atoms in total. The number of amides is 1. The molecule has 42 heavy (non-hydrogen) atoms. The Hall–Kier alpha value is -3.09. The van der Waals surface area contributed by atoms with Gasteiger partial charge in [0.05, 0.1) is 12.7 Å². The molecule has 2 aliphatic heterocycles. The predicted octanol–water partition coefficient (Wildman–Crippen LogP) is 4.17. The van der Waals surface area contributed by atoms with Gasteiger partial charge in [-0.2, -0.15) is 0 Å². The first-order chi connectivity index (χ1) is 19.9. The molecule has 1 amide bonds. The van der Waals surface area contributed by atoms with Crippen LogP contribution in [0.3, 0.4) is 0 Å². The molecule has 3 aromatic carbocycles. The summed E-state index contributed by atoms with van der Waals surface area (Å²) in [6, 6.07) is 14.8. The SMILES string of the molecule is CN1CC(O)CNS(=O)(=O)c2ccc(-c3ccc(Cl)cc3)cc2OCC2(CCN(C(=O)c3cc(F)cc(F)c3)CC2)C1. The highest BCUT2D eigenvalue weighted by Gasteiger charge is 2.39. The Balaban J connectivity index is 1.44. The number of nitrogens with zero attached hydrogens (tertiary/aromatic N) is 2. The van der Waals surface area contributed by atoms with Crippen molar-refractivity contribution in [2.24, 2.45) is 5.41 Å². The number of halogens is 3. The number of carbonyl (C=O) groups excluding carboxylic acids is 1. The molecule has 1 spiro atoms. The Bertz CT molecular complexity index is 1540. The van der Waals surface area contributed by atoms with Gasteiger partial charge in [0.25, 0.3) is 5.91 Å². The van der Waals surface area contributed by atoms with Crippen molar-refractivity contribution in [1.29, 1.82) is 0 Å². The summed E-state index contributed by atoms with van der Waals surface area (Å²) in [5, 5.41) is 11.2. The van der Waals surface area contributed by atoms with Gasteiger partial charge in [0.1, 0.15) is 22.3 Å². The molecule has 1 atom stereocenters. The summed E-state index contributed by atoms with van der Waals surface area (Å²) >= 11 is 6.04. The summed E-state index contributed by atoms with van der Waals surface area (Å²) in [7, 11) is -2.18. The van der Waals surface area contributed by atoms with Gasteiger partial charge in [-0.05, 0) is 67.4 Å². The number of likely N-dealkylation sites (N-methyl/N-ethyl adjacent to an activating group) is 1. The lowest BCUT2D eigenvalue weighted by Crippen LogP contribution is -2.51. The minimum absolute atomic E-state index is 0.0442. The van der Waals surface area contributed by atoms with E-state index in [1.54, 1.807) is 29.2 Å². The standard InChI is InChI=1S/C30H32ClF2N3O5S/c1-35-17-26(37)16-34-42(39,40)28-7-4-21(20-2-5-23(31)6-3-20)14-27(28)41-19-30(18-35)8-10-36(11-9-30)29(38)22-12-24(32)15-25(33)13-22/h2-7,12-15,26,34,37H,8-11,16-19H2,1H3. The van der Waals surface area contributed by atoms with Crippen LogP contribution in [0.1, 0.15) is 23.2 Å². The van der Waals surface area contributed by atoms with E-state index in [0.29, 0.717) is 37.5 Å². The molecule has 1 saturated heterocycles. The number of rotatable bonds is 2. The van der Waals surface area contributed by atoms with Gasteiger partial charge in [-0.15, -0.1) is 0 Å². The van der Waals surface area contributed by atoms with Crippen molar-refractivity contribution >= 4 is 27.5 Å². The second kappa shape index (κ2) is 12.3. The second-order valence-corrected chi connectivity index (χ2v) is 13.3. The largest absolute Gasteiger partial charge is 0.492 e. The first-order valence-corrected chi connectivity index (χ1v) is 15.4. The number of aliphatic hydroxyl groups is 1. The van der Waals surface area contributed by atoms with E-state index >= 15 is 0 Å². The molecule has 0 saturated carbocycles. The van der Waals surface area contributed by atoms with Gasteiger partial charge < -0.3 is 19.6 Å². The van der Waals surface area contributed by atoms with E-state index in [1.807, 2.05) is 24.1 Å². The van der Waals surface area contributed by atoms with Crippen molar-refractivity contribution in [2.75, 3.05) is 46.4 Å². The molecule has 0 aromatic heterocycles. The Labute approximate surface area is 248 Å². The predicted molar refractivity (Wildman–Crippen MR) is 155 cm³/mol. The van der Waals surface area contributed by atoms with E-state index in [-0.39, 0.29) is 35.9 Å². The van der Waals surface area contributed by atoms with E-state index in [9.17, 15) is 27.1 Å². The molecular formula is C30H32ClF2N3O5S. The molecule has 0 bridgehead atoms. The number of ether oxygens (including phenoxy) is 1. The van der Waals surface area contributed by atoms with Gasteiger partial charge in [0.2, 0.25) is 10.0 Å². The first kappa shape index (κ1) is 30.4. The number of piperidine rings is 1. The average molecular weight is 620 g/mol. The minimum atomic E-state index is -4.01. The summed E-state index contributed by atoms with van der Waals surface area (Å²) in [6.07, 6.45) is 0.0334. The lowest BCUT2D eigenvalue weighted by molar-refractivity contribution is 0.0159. The summed E-state index contributed by atoms with van der Waals surface area (Å²) in [5.41, 5.74) is 1.01. The number of hydrogen-bond acceptors (Lipinski definition) is 6. The molecule has 1 fully saturated rings. The maximum Gasteiger partial charge on any atom is 0.254 e. The number of carbonyl (C=O) groups is 1. The number of hydrogen-bond donors (Lipinski definition) is 2. The van der Waals surface area contributed by atoms with Crippen molar-refractivity contribution < 1.29 is 31.8 Å². The van der Waals surface area contributed by atoms with E-state index in [1.165, 1.54) is 6.07 Å². The van der Waals surface area contributed by atoms with Crippen molar-refractivity contribution in [3.63, 3.8) is 0 Å². The van der Waals surface area contributed by atoms with Crippen molar-refractivity contribution in [3.05, 3.63) is 82.9 Å². The molecule has 0 radical (unpaired) electrons. The van der Waals surface area contributed by atoms with Crippen LogP contribution in [0, 0.1) is 17.0 Å². The van der Waals surface area contributed by atoms with Crippen LogP contribution in [0.2, 0.25) is 5.02 Å². The molecule has 2 heterocycles. The fourth-order valence-corrected chi connectivity index (χ4v) is 6.96. The third kappa shape index (κ3) is 6.92. The topological polar surface area (TPSA) is 99.2 Å². The van der Waals surface area contributed by atoms with Crippen LogP contribution in [0.25, 0.3) is 11.1 Å². The molecule has 2 N–H and O–H groups in total. The highest BCUT2D eigenvalue weighted by Crippen LogP contribution is 2.37. The monoisotopic (exact) mass is 619 g/mol. The van der Waals surface area contributed by atoms with Crippen LogP contribution < -0.4 is 9.46 Å². The summed E-state index contributed by atoms with van der Waals surface area (Å²) in [4.78, 5) is 16.5. The summed E-state index contributed by atoms with van der Waals surface area (Å²) in [6.45, 7) is 1.33. The van der Waals surface area contributed by atoms with Crippen molar-refractivity contribution in [3.8, 4) is 16.9 Å². The minimum Gasteiger partial charge on any atom is -0.492 e. The molecule has 12 heteroatoms. The van der Waals surface area contributed by atoms with E-state index in [4.69, 9.17) is 16.3 Å². The number of likely N-dealkylation sites (tertiary alicyclic amines) is 1. The zero-order valence-electron chi connectivity index (χ0n) is 23.0. The number of fused-ring (bicyclic) bond motifs is 1. The van der Waals surface area contributed by atoms with Crippen LogP contribution in [0.5, 0.6) is 5.75 Å². The van der Waals surface area contributed by atoms with E-state index in [2.05, 4.69) is 4.72 Å². The fourth-order valence-electron chi connectivity index (χ4n) is 5.63. The number of sulfonamides is 1. The average Bonchev–Trinajstić information content (AvgIpc) is 2.94. The lowest BCUT2D eigenvalue weighted by Gasteiger charge is -2.44. The van der Waals surface area contributed by atoms with Crippen molar-refractivity contribution in [2.45, 2.75) is 23.8 Å². The number of benzene rings is 3. The van der Waals surface area contributed by atoms with Crippen LogP contribution in [-0.4, -0.2) is 81.7 Å². The Morgan fingerprint density at radius 1 is 1.02 bits per heavy atom. The lowest BCUT2D eigenvalue weighted by atomic mass is 9.78. The van der Waals surface area contributed by atoms with Gasteiger partial charge in [-0.25, -0.2) is 21.9 Å². The smallest absolute Gasteiger partial charge is 0.254 e. The quantitative estimate of drug-likeness (QED) is 0.447. The molecule has 1 unspecified atom stereocenters. The molecule has 0 aliphatic carbocycles. The number of nitrogens with one attached hydrogen (secondary N) is 1. The van der Waals surface area contributed by atoms with E-state index < -0.39 is 39.1 Å². The zero-order chi connectivity index (χ0) is 30.1. The second-order valence-electron chi connectivity index (χ2n) is 11.1. The Morgan fingerprint density at radius 3 is 2.33 bits per heavy atom. The molecule has 2 aliphatic rings. The summed E-state index contributed by atoms with van der Waals surface area (Å²) < 4.78 is 62.9. The molecule has 3 aromatic rings. The number of aliphatic hydroxyl groups excluding tert-OH is 1. The summed E-state index contributed by atoms with van der Waals surface area (Å²) in [5.74, 6) is -1.93. The molecule has 224 valence electrons. The van der Waals surface area contributed by atoms with Gasteiger partial charge in [-0.1, -0.05) is 29.8 Å². The highest BCUT2D eigenvalue weighted by atomic mass is 35.5. The Kier molecular flexibility index (Phi) is 8.86. The fraction of sp³-hybridized carbons (Fsp3) is 0.367. The van der Waals surface area contributed by atoms with Crippen LogP contribution in [0.4, 0.5) is 8.78 Å². The zero-order valence-corrected chi connectivity index (χ0v) is 24.6. The Morgan fingerprint density at radius 2 is 1.67 bits per heavy atom. The van der Waals surface area contributed by atoms with Crippen LogP contribution in [-0.2, 0) is 10.0 Å². The molecular weight excluding hydrogens is 588 g/mol. The normalized spacial score (nSPS) is 21.1. The van der Waals surface area contributed by atoms with Gasteiger partial charge >= 0.3 is 0 Å². The first-order valence-electron chi connectivity index (χ1n) is 13.6. The van der Waals surface area contributed by atoms with Gasteiger partial charge in [0, 0.05) is 54.8 Å². The third-order valence-corrected chi connectivity index (χ3v) is 9.52. The van der Waals surface area contributed by atoms with Crippen LogP contribution in [0.15, 0.2) is 65.6 Å². The van der Waals surface area contributed by atoms with Crippen LogP contribution >= 0.6 is 11.6 Å². The van der Waals surface area contributed by atoms with E-state index in [0.717, 1.165) is 29.3 Å². The maximum atomic E-state index is 13.8. The number of β-amino-alcohol motifs (C(OH)–C–C–N with tert-alkyl or cyclic N) is 1. The molecule has 5 rings (SSSR count). The third-order valence-electron chi connectivity index (χ3n) is 7.80.